The van der Waals surface area contributed by atoms with Crippen LogP contribution in [0.1, 0.15) is 47.7 Å². The number of hydrogen-bond acceptors (Lipinski definition) is 0. The molecule has 2 heteroatoms. The molecule has 0 aliphatic rings. The fourth-order valence-corrected chi connectivity index (χ4v) is 2.87. The maximum atomic E-state index is 6.04. The summed E-state index contributed by atoms with van der Waals surface area (Å²) in [6.07, 6.45) is 1.17. The Kier molecular flexibility index (Phi) is 5.06. The van der Waals surface area contributed by atoms with Gasteiger partial charge in [0.15, 0.2) is 0 Å². The highest BCUT2D eigenvalue weighted by Gasteiger charge is 2.11. The Balaban J connectivity index is 2.22. The largest absolute Gasteiger partial charge is 0.0843 e. The highest BCUT2D eigenvalue weighted by atomic mass is 79.9. The fraction of sp³-hybridized carbons (Fsp3) is 0.294. The van der Waals surface area contributed by atoms with Crippen molar-refractivity contribution in [2.24, 2.45) is 0 Å². The van der Waals surface area contributed by atoms with Crippen molar-refractivity contribution in [3.05, 3.63) is 70.2 Å². The first-order valence-electron chi connectivity index (χ1n) is 6.61. The van der Waals surface area contributed by atoms with E-state index >= 15 is 0 Å². The van der Waals surface area contributed by atoms with E-state index in [1.807, 2.05) is 18.2 Å². The standard InChI is InChI=1S/C17H18BrCl/c1-3-12(2)13-7-9-14(10-8-13)17(18)15-5-4-6-16(19)11-15/h4-12,17H,3H2,1-2H3. The number of halogens is 2. The molecule has 0 aromatic heterocycles. The van der Waals surface area contributed by atoms with Crippen LogP contribution in [-0.4, -0.2) is 0 Å². The topological polar surface area (TPSA) is 0 Å². The van der Waals surface area contributed by atoms with Gasteiger partial charge in [0.2, 0.25) is 0 Å². The van der Waals surface area contributed by atoms with Crippen molar-refractivity contribution < 1.29 is 0 Å². The third-order valence-electron chi connectivity index (χ3n) is 3.55. The van der Waals surface area contributed by atoms with Crippen molar-refractivity contribution in [2.45, 2.75) is 31.0 Å². The zero-order valence-electron chi connectivity index (χ0n) is 11.2. The molecule has 100 valence electrons. The predicted octanol–water partition coefficient (Wildman–Crippen LogP) is 6.34. The van der Waals surface area contributed by atoms with Crippen molar-refractivity contribution in [3.8, 4) is 0 Å². The van der Waals surface area contributed by atoms with Crippen LogP contribution in [0.3, 0.4) is 0 Å². The molecular weight excluding hydrogens is 320 g/mol. The molecule has 0 nitrogen and oxygen atoms in total. The lowest BCUT2D eigenvalue weighted by molar-refractivity contribution is 0.733. The Morgan fingerprint density at radius 3 is 2.21 bits per heavy atom. The van der Waals surface area contributed by atoms with Gasteiger partial charge in [-0.05, 0) is 41.2 Å². The Morgan fingerprint density at radius 1 is 1.00 bits per heavy atom. The van der Waals surface area contributed by atoms with E-state index in [9.17, 15) is 0 Å². The van der Waals surface area contributed by atoms with E-state index in [4.69, 9.17) is 11.6 Å². The van der Waals surface area contributed by atoms with Crippen LogP contribution in [0.2, 0.25) is 5.02 Å². The SMILES string of the molecule is CCC(C)c1ccc(C(Br)c2cccc(Cl)c2)cc1. The van der Waals surface area contributed by atoms with Crippen LogP contribution in [0.15, 0.2) is 48.5 Å². The lowest BCUT2D eigenvalue weighted by Gasteiger charge is -2.14. The van der Waals surface area contributed by atoms with E-state index in [1.54, 1.807) is 0 Å². The van der Waals surface area contributed by atoms with Gasteiger partial charge in [-0.1, -0.05) is 77.8 Å². The van der Waals surface area contributed by atoms with Crippen molar-refractivity contribution in [1.29, 1.82) is 0 Å². The molecule has 2 aromatic rings. The first kappa shape index (κ1) is 14.6. The lowest BCUT2D eigenvalue weighted by atomic mass is 9.96. The van der Waals surface area contributed by atoms with Crippen molar-refractivity contribution in [1.82, 2.24) is 0 Å². The van der Waals surface area contributed by atoms with Gasteiger partial charge in [-0.2, -0.15) is 0 Å². The summed E-state index contributed by atoms with van der Waals surface area (Å²) in [5, 5.41) is 0.776. The second-order valence-corrected chi connectivity index (χ2v) is 6.25. The summed E-state index contributed by atoms with van der Waals surface area (Å²) in [5.41, 5.74) is 3.84. The molecule has 0 aliphatic heterocycles. The van der Waals surface area contributed by atoms with Crippen LogP contribution >= 0.6 is 27.5 Å². The third kappa shape index (κ3) is 3.61. The Bertz CT molecular complexity index is 533. The zero-order valence-corrected chi connectivity index (χ0v) is 13.6. The number of hydrogen-bond donors (Lipinski definition) is 0. The van der Waals surface area contributed by atoms with Gasteiger partial charge in [-0.3, -0.25) is 0 Å². The molecule has 0 saturated heterocycles. The number of rotatable bonds is 4. The van der Waals surface area contributed by atoms with Gasteiger partial charge >= 0.3 is 0 Å². The average molecular weight is 338 g/mol. The van der Waals surface area contributed by atoms with Gasteiger partial charge in [-0.25, -0.2) is 0 Å². The van der Waals surface area contributed by atoms with Gasteiger partial charge in [0.1, 0.15) is 0 Å². The van der Waals surface area contributed by atoms with Crippen LogP contribution < -0.4 is 0 Å². The summed E-state index contributed by atoms with van der Waals surface area (Å²) >= 11 is 9.79. The first-order chi connectivity index (χ1) is 9.11. The summed E-state index contributed by atoms with van der Waals surface area (Å²) < 4.78 is 0. The Hall–Kier alpha value is -0.790. The molecule has 0 aliphatic carbocycles. The molecule has 2 rings (SSSR count). The van der Waals surface area contributed by atoms with E-state index in [1.165, 1.54) is 23.1 Å². The minimum absolute atomic E-state index is 0.192. The van der Waals surface area contributed by atoms with Crippen LogP contribution in [0.4, 0.5) is 0 Å². The van der Waals surface area contributed by atoms with Gasteiger partial charge < -0.3 is 0 Å². The summed E-state index contributed by atoms with van der Waals surface area (Å²) in [6.45, 7) is 4.48. The van der Waals surface area contributed by atoms with E-state index in [-0.39, 0.29) is 4.83 Å². The van der Waals surface area contributed by atoms with Gasteiger partial charge in [0, 0.05) is 5.02 Å². The van der Waals surface area contributed by atoms with Gasteiger partial charge in [0.05, 0.1) is 4.83 Å². The molecule has 0 saturated carbocycles. The lowest BCUT2D eigenvalue weighted by Crippen LogP contribution is -1.95. The second kappa shape index (κ2) is 6.58. The normalized spacial score (nSPS) is 14.1. The monoisotopic (exact) mass is 336 g/mol. The highest BCUT2D eigenvalue weighted by molar-refractivity contribution is 9.09. The maximum Gasteiger partial charge on any atom is 0.0645 e. The number of benzene rings is 2. The van der Waals surface area contributed by atoms with E-state index in [0.717, 1.165) is 5.02 Å². The molecule has 0 heterocycles. The molecule has 2 unspecified atom stereocenters. The van der Waals surface area contributed by atoms with E-state index in [0.29, 0.717) is 5.92 Å². The van der Waals surface area contributed by atoms with Crippen LogP contribution in [0.25, 0.3) is 0 Å². The maximum absolute atomic E-state index is 6.04. The third-order valence-corrected chi connectivity index (χ3v) is 4.84. The molecule has 0 bridgehead atoms. The van der Waals surface area contributed by atoms with Crippen LogP contribution in [-0.2, 0) is 0 Å². The summed E-state index contributed by atoms with van der Waals surface area (Å²) in [5.74, 6) is 0.619. The van der Waals surface area contributed by atoms with E-state index < -0.39 is 0 Å². The van der Waals surface area contributed by atoms with Crippen molar-refractivity contribution >= 4 is 27.5 Å². The summed E-state index contributed by atoms with van der Waals surface area (Å²) in [4.78, 5) is 0.192. The van der Waals surface area contributed by atoms with Crippen LogP contribution in [0.5, 0.6) is 0 Å². The van der Waals surface area contributed by atoms with Gasteiger partial charge in [-0.15, -0.1) is 0 Å². The smallest absolute Gasteiger partial charge is 0.0645 e. The van der Waals surface area contributed by atoms with Crippen molar-refractivity contribution in [3.63, 3.8) is 0 Å². The van der Waals surface area contributed by atoms with E-state index in [2.05, 4.69) is 60.1 Å². The molecule has 2 atom stereocenters. The summed E-state index contributed by atoms with van der Waals surface area (Å²) in [6, 6.07) is 16.8. The predicted molar refractivity (Wildman–Crippen MR) is 87.4 cm³/mol. The Labute approximate surface area is 128 Å². The molecule has 0 amide bonds. The minimum Gasteiger partial charge on any atom is -0.0843 e. The van der Waals surface area contributed by atoms with Gasteiger partial charge in [0.25, 0.3) is 0 Å². The summed E-state index contributed by atoms with van der Waals surface area (Å²) in [7, 11) is 0. The minimum atomic E-state index is 0.192. The molecule has 0 fully saturated rings. The molecule has 19 heavy (non-hydrogen) atoms. The van der Waals surface area contributed by atoms with Crippen molar-refractivity contribution in [2.75, 3.05) is 0 Å². The molecule has 2 aromatic carbocycles. The fourth-order valence-electron chi connectivity index (χ4n) is 2.09. The average Bonchev–Trinajstić information content (AvgIpc) is 2.46. The zero-order chi connectivity index (χ0) is 13.8. The van der Waals surface area contributed by atoms with Crippen LogP contribution in [0, 0.1) is 0 Å². The molecule has 0 spiro atoms. The quantitative estimate of drug-likeness (QED) is 0.571. The molecule has 0 N–H and O–H groups in total. The number of alkyl halides is 1. The Morgan fingerprint density at radius 2 is 1.63 bits per heavy atom. The molecule has 0 radical (unpaired) electrons. The second-order valence-electron chi connectivity index (χ2n) is 4.89. The molecular formula is C17H18BrCl. The highest BCUT2D eigenvalue weighted by Crippen LogP contribution is 2.32. The first-order valence-corrected chi connectivity index (χ1v) is 7.90.